The highest BCUT2D eigenvalue weighted by atomic mass is 35.5. The average Bonchev–Trinajstić information content (AvgIpc) is 2.09. The van der Waals surface area contributed by atoms with E-state index in [4.69, 9.17) is 21.4 Å². The van der Waals surface area contributed by atoms with Crippen LogP contribution in [0, 0.1) is 0 Å². The van der Waals surface area contributed by atoms with Gasteiger partial charge in [0.1, 0.15) is 0 Å². The maximum atomic E-state index is 8.84. The van der Waals surface area contributed by atoms with Crippen molar-refractivity contribution in [1.82, 2.24) is 4.98 Å². The lowest BCUT2D eigenvalue weighted by molar-refractivity contribution is 0.279. The highest BCUT2D eigenvalue weighted by Crippen LogP contribution is 2.18. The van der Waals surface area contributed by atoms with E-state index in [0.717, 1.165) is 0 Å². The van der Waals surface area contributed by atoms with Gasteiger partial charge in [0.05, 0.1) is 18.2 Å². The molecule has 4 heteroatoms. The van der Waals surface area contributed by atoms with Gasteiger partial charge in [-0.05, 0) is 6.92 Å². The summed E-state index contributed by atoms with van der Waals surface area (Å²) in [6.45, 7) is 2.33. The zero-order chi connectivity index (χ0) is 8.97. The van der Waals surface area contributed by atoms with E-state index < -0.39 is 0 Å². The predicted molar refractivity (Wildman–Crippen MR) is 46.3 cm³/mol. The monoisotopic (exact) mass is 187 g/mol. The highest BCUT2D eigenvalue weighted by molar-refractivity contribution is 6.31. The third-order valence-electron chi connectivity index (χ3n) is 1.37. The zero-order valence-electron chi connectivity index (χ0n) is 6.75. The summed E-state index contributed by atoms with van der Waals surface area (Å²) < 4.78 is 5.12. The molecule has 1 aromatic rings. The molecule has 3 nitrogen and oxygen atoms in total. The minimum atomic E-state index is -0.0958. The molecule has 0 unspecified atom stereocenters. The van der Waals surface area contributed by atoms with Crippen LogP contribution in [-0.4, -0.2) is 16.7 Å². The summed E-state index contributed by atoms with van der Waals surface area (Å²) in [6.07, 6.45) is 1.47. The van der Waals surface area contributed by atoms with Crippen LogP contribution in [0.5, 0.6) is 5.88 Å². The second kappa shape index (κ2) is 4.28. The Hall–Kier alpha value is -0.800. The Morgan fingerprint density at radius 2 is 2.42 bits per heavy atom. The van der Waals surface area contributed by atoms with E-state index >= 15 is 0 Å². The van der Waals surface area contributed by atoms with Crippen LogP contribution in [0.1, 0.15) is 12.5 Å². The van der Waals surface area contributed by atoms with Crippen LogP contribution in [0.4, 0.5) is 0 Å². The van der Waals surface area contributed by atoms with Gasteiger partial charge in [-0.3, -0.25) is 0 Å². The Bertz CT molecular complexity index is 265. The average molecular weight is 188 g/mol. The van der Waals surface area contributed by atoms with Crippen molar-refractivity contribution in [2.24, 2.45) is 0 Å². The van der Waals surface area contributed by atoms with E-state index in [9.17, 15) is 0 Å². The fraction of sp³-hybridized carbons (Fsp3) is 0.375. The third kappa shape index (κ3) is 2.09. The first-order valence-corrected chi connectivity index (χ1v) is 4.03. The van der Waals surface area contributed by atoms with Crippen molar-refractivity contribution in [1.29, 1.82) is 0 Å². The minimum absolute atomic E-state index is 0.0958. The molecule has 0 aliphatic carbocycles. The van der Waals surface area contributed by atoms with Crippen molar-refractivity contribution in [2.75, 3.05) is 6.61 Å². The summed E-state index contributed by atoms with van der Waals surface area (Å²) in [5.74, 6) is 0.492. The minimum Gasteiger partial charge on any atom is -0.478 e. The Labute approximate surface area is 76.0 Å². The van der Waals surface area contributed by atoms with Gasteiger partial charge in [0.15, 0.2) is 0 Å². The molecule has 0 fully saturated rings. The van der Waals surface area contributed by atoms with Crippen LogP contribution in [-0.2, 0) is 6.61 Å². The van der Waals surface area contributed by atoms with E-state index in [1.165, 1.54) is 6.20 Å². The van der Waals surface area contributed by atoms with Gasteiger partial charge < -0.3 is 9.84 Å². The molecular formula is C8H10ClNO2. The lowest BCUT2D eigenvalue weighted by Crippen LogP contribution is -1.96. The van der Waals surface area contributed by atoms with Crippen molar-refractivity contribution in [2.45, 2.75) is 13.5 Å². The first-order chi connectivity index (χ1) is 5.77. The van der Waals surface area contributed by atoms with Gasteiger partial charge in [-0.2, -0.15) is 0 Å². The van der Waals surface area contributed by atoms with E-state index in [-0.39, 0.29) is 6.61 Å². The number of ether oxygens (including phenoxy) is 1. The lowest BCUT2D eigenvalue weighted by Gasteiger charge is -2.04. The molecule has 1 aromatic heterocycles. The molecule has 66 valence electrons. The van der Waals surface area contributed by atoms with Crippen LogP contribution >= 0.6 is 11.6 Å². The van der Waals surface area contributed by atoms with Crippen molar-refractivity contribution in [3.05, 3.63) is 22.8 Å². The maximum absolute atomic E-state index is 8.84. The molecule has 1 N–H and O–H groups in total. The molecule has 12 heavy (non-hydrogen) atoms. The Morgan fingerprint density at radius 1 is 1.67 bits per heavy atom. The van der Waals surface area contributed by atoms with Gasteiger partial charge in [-0.1, -0.05) is 11.6 Å². The second-order valence-corrected chi connectivity index (χ2v) is 2.61. The topological polar surface area (TPSA) is 42.4 Å². The summed E-state index contributed by atoms with van der Waals surface area (Å²) in [5, 5.41) is 9.30. The largest absolute Gasteiger partial charge is 0.478 e. The zero-order valence-corrected chi connectivity index (χ0v) is 7.51. The number of nitrogens with zero attached hydrogens (tertiary/aromatic N) is 1. The van der Waals surface area contributed by atoms with Crippen LogP contribution < -0.4 is 4.74 Å². The molecule has 0 aliphatic heterocycles. The number of aliphatic hydroxyl groups is 1. The first kappa shape index (κ1) is 9.29. The fourth-order valence-corrected chi connectivity index (χ4v) is 0.970. The summed E-state index contributed by atoms with van der Waals surface area (Å²) in [5.41, 5.74) is 0.634. The Kier molecular flexibility index (Phi) is 3.31. The molecule has 0 amide bonds. The number of rotatable bonds is 3. The molecule has 0 bridgehead atoms. The number of hydrogen-bond donors (Lipinski definition) is 1. The van der Waals surface area contributed by atoms with E-state index in [0.29, 0.717) is 23.1 Å². The van der Waals surface area contributed by atoms with Gasteiger partial charge in [0.2, 0.25) is 5.88 Å². The van der Waals surface area contributed by atoms with Crippen molar-refractivity contribution in [3.8, 4) is 5.88 Å². The Morgan fingerprint density at radius 3 is 3.00 bits per heavy atom. The highest BCUT2D eigenvalue weighted by Gasteiger charge is 2.01. The van der Waals surface area contributed by atoms with Crippen LogP contribution in [0.25, 0.3) is 0 Å². The summed E-state index contributed by atoms with van der Waals surface area (Å²) in [4.78, 5) is 3.91. The van der Waals surface area contributed by atoms with Crippen LogP contribution in [0.15, 0.2) is 12.3 Å². The fourth-order valence-electron chi connectivity index (χ4n) is 0.806. The number of aliphatic hydroxyl groups excluding tert-OH is 1. The SMILES string of the molecule is CCOc1cc(CO)c(Cl)cn1. The molecule has 0 saturated heterocycles. The number of hydrogen-bond acceptors (Lipinski definition) is 3. The van der Waals surface area contributed by atoms with E-state index in [1.54, 1.807) is 6.07 Å². The molecule has 0 spiro atoms. The van der Waals surface area contributed by atoms with Gasteiger partial charge in [0.25, 0.3) is 0 Å². The molecule has 1 heterocycles. The third-order valence-corrected chi connectivity index (χ3v) is 1.71. The van der Waals surface area contributed by atoms with Crippen molar-refractivity contribution < 1.29 is 9.84 Å². The summed E-state index contributed by atoms with van der Waals surface area (Å²) in [6, 6.07) is 1.63. The Balaban J connectivity index is 2.89. The maximum Gasteiger partial charge on any atom is 0.213 e. The molecule has 1 rings (SSSR count). The molecule has 0 aliphatic rings. The molecule has 0 aromatic carbocycles. The van der Waals surface area contributed by atoms with E-state index in [2.05, 4.69) is 4.98 Å². The standard InChI is InChI=1S/C8H10ClNO2/c1-2-12-8-3-6(5-11)7(9)4-10-8/h3-4,11H,2,5H2,1H3. The molecular weight excluding hydrogens is 178 g/mol. The van der Waals surface area contributed by atoms with Crippen LogP contribution in [0.2, 0.25) is 5.02 Å². The molecule has 0 atom stereocenters. The first-order valence-electron chi connectivity index (χ1n) is 3.66. The smallest absolute Gasteiger partial charge is 0.213 e. The number of pyridine rings is 1. The van der Waals surface area contributed by atoms with Crippen molar-refractivity contribution >= 4 is 11.6 Å². The summed E-state index contributed by atoms with van der Waals surface area (Å²) in [7, 11) is 0. The molecule has 0 saturated carbocycles. The lowest BCUT2D eigenvalue weighted by atomic mass is 10.3. The second-order valence-electron chi connectivity index (χ2n) is 2.21. The van der Waals surface area contributed by atoms with Gasteiger partial charge in [-0.25, -0.2) is 4.98 Å². The van der Waals surface area contributed by atoms with Crippen molar-refractivity contribution in [3.63, 3.8) is 0 Å². The quantitative estimate of drug-likeness (QED) is 0.782. The molecule has 0 radical (unpaired) electrons. The summed E-state index contributed by atoms with van der Waals surface area (Å²) >= 11 is 5.72. The van der Waals surface area contributed by atoms with Gasteiger partial charge in [0, 0.05) is 17.8 Å². The number of aromatic nitrogens is 1. The van der Waals surface area contributed by atoms with Crippen LogP contribution in [0.3, 0.4) is 0 Å². The normalized spacial score (nSPS) is 9.92. The van der Waals surface area contributed by atoms with Gasteiger partial charge in [-0.15, -0.1) is 0 Å². The van der Waals surface area contributed by atoms with E-state index in [1.807, 2.05) is 6.92 Å². The van der Waals surface area contributed by atoms with Gasteiger partial charge >= 0.3 is 0 Å². The predicted octanol–water partition coefficient (Wildman–Crippen LogP) is 1.63. The number of halogens is 1.